The van der Waals surface area contributed by atoms with E-state index >= 15 is 0 Å². The molecule has 0 saturated carbocycles. The predicted molar refractivity (Wildman–Crippen MR) is 88.9 cm³/mol. The molecule has 2 aromatic carbocycles. The number of aryl methyl sites for hydroxylation is 1. The molecule has 2 aromatic rings. The summed E-state index contributed by atoms with van der Waals surface area (Å²) in [5.74, 6) is 0.139. The number of halogens is 2. The van der Waals surface area contributed by atoms with Crippen molar-refractivity contribution >= 4 is 44.8 Å². The van der Waals surface area contributed by atoms with Crippen molar-refractivity contribution in [1.29, 1.82) is 0 Å². The molecule has 0 aromatic heterocycles. The number of amides is 1. The average molecular weight is 370 g/mol. The first-order valence-electron chi connectivity index (χ1n) is 6.19. The number of ether oxygens (including phenoxy) is 1. The second kappa shape index (κ2) is 6.83. The molecular weight excluding hydrogens is 356 g/mol. The van der Waals surface area contributed by atoms with E-state index in [-0.39, 0.29) is 12.5 Å². The van der Waals surface area contributed by atoms with E-state index in [1.54, 1.807) is 30.3 Å². The number of benzene rings is 2. The summed E-state index contributed by atoms with van der Waals surface area (Å²) >= 11 is 9.30. The molecule has 0 saturated heterocycles. The fourth-order valence-electron chi connectivity index (χ4n) is 1.71. The number of carbonyl (C=O) groups is 1. The van der Waals surface area contributed by atoms with Crippen molar-refractivity contribution in [3.8, 4) is 5.75 Å². The number of anilines is 2. The van der Waals surface area contributed by atoms with Crippen molar-refractivity contribution in [3.63, 3.8) is 0 Å². The molecule has 0 aliphatic carbocycles. The van der Waals surface area contributed by atoms with Gasteiger partial charge in [-0.25, -0.2) is 0 Å². The van der Waals surface area contributed by atoms with Crippen LogP contribution >= 0.6 is 27.5 Å². The van der Waals surface area contributed by atoms with Gasteiger partial charge in [-0.3, -0.25) is 4.79 Å². The summed E-state index contributed by atoms with van der Waals surface area (Å²) in [6.07, 6.45) is 0. The van der Waals surface area contributed by atoms with Crippen LogP contribution in [0.4, 0.5) is 11.4 Å². The number of hydrogen-bond donors (Lipinski definition) is 2. The van der Waals surface area contributed by atoms with Crippen LogP contribution in [0.25, 0.3) is 0 Å². The molecule has 0 fully saturated rings. The average Bonchev–Trinajstić information content (AvgIpc) is 2.43. The molecule has 3 N–H and O–H groups in total. The van der Waals surface area contributed by atoms with E-state index in [0.29, 0.717) is 22.1 Å². The van der Waals surface area contributed by atoms with Gasteiger partial charge in [0, 0.05) is 4.47 Å². The van der Waals surface area contributed by atoms with E-state index in [1.807, 2.05) is 13.0 Å². The van der Waals surface area contributed by atoms with Gasteiger partial charge >= 0.3 is 0 Å². The second-order valence-corrected chi connectivity index (χ2v) is 5.83. The maximum Gasteiger partial charge on any atom is 0.262 e. The lowest BCUT2D eigenvalue weighted by Gasteiger charge is -2.11. The molecule has 0 aliphatic heterocycles. The minimum atomic E-state index is -0.304. The Morgan fingerprint density at radius 1 is 1.33 bits per heavy atom. The van der Waals surface area contributed by atoms with Crippen LogP contribution in [0.1, 0.15) is 5.56 Å². The zero-order valence-corrected chi connectivity index (χ0v) is 13.7. The fourth-order valence-corrected chi connectivity index (χ4v) is 2.23. The van der Waals surface area contributed by atoms with Gasteiger partial charge in [-0.05, 0) is 42.8 Å². The first-order chi connectivity index (χ1) is 9.95. The highest BCUT2D eigenvalue weighted by molar-refractivity contribution is 9.10. The number of rotatable bonds is 4. The Bertz CT molecular complexity index is 677. The molecule has 0 aliphatic rings. The molecule has 4 nitrogen and oxygen atoms in total. The Hall–Kier alpha value is -1.72. The number of nitrogen functional groups attached to an aromatic ring is 1. The summed E-state index contributed by atoms with van der Waals surface area (Å²) in [6, 6.07) is 10.6. The standard InChI is InChI=1S/C15H14BrClN2O2/c1-9-2-5-13(12(18)6-9)19-15(20)8-21-14-7-10(16)3-4-11(14)17/h2-7H,8,18H2,1H3,(H,19,20). The zero-order chi connectivity index (χ0) is 15.4. The van der Waals surface area contributed by atoms with Crippen LogP contribution in [0.2, 0.25) is 5.02 Å². The van der Waals surface area contributed by atoms with E-state index in [1.165, 1.54) is 0 Å². The van der Waals surface area contributed by atoms with Gasteiger partial charge in [-0.15, -0.1) is 0 Å². The third-order valence-corrected chi connectivity index (χ3v) is 3.54. The molecule has 110 valence electrons. The molecular formula is C15H14BrClN2O2. The molecule has 1 amide bonds. The Morgan fingerprint density at radius 2 is 2.10 bits per heavy atom. The SMILES string of the molecule is Cc1ccc(NC(=O)COc2cc(Br)ccc2Cl)c(N)c1. The monoisotopic (exact) mass is 368 g/mol. The van der Waals surface area contributed by atoms with Crippen molar-refractivity contribution in [2.45, 2.75) is 6.92 Å². The van der Waals surface area contributed by atoms with E-state index in [9.17, 15) is 4.79 Å². The first kappa shape index (κ1) is 15.7. The maximum absolute atomic E-state index is 11.9. The van der Waals surface area contributed by atoms with Crippen molar-refractivity contribution < 1.29 is 9.53 Å². The van der Waals surface area contributed by atoms with Crippen LogP contribution in [0.5, 0.6) is 5.75 Å². The van der Waals surface area contributed by atoms with Crippen molar-refractivity contribution in [2.24, 2.45) is 0 Å². The summed E-state index contributed by atoms with van der Waals surface area (Å²) in [7, 11) is 0. The minimum Gasteiger partial charge on any atom is -0.482 e. The highest BCUT2D eigenvalue weighted by Gasteiger charge is 2.08. The van der Waals surface area contributed by atoms with Gasteiger partial charge in [-0.1, -0.05) is 33.6 Å². The molecule has 2 rings (SSSR count). The predicted octanol–water partition coefficient (Wildman–Crippen LogP) is 4.01. The molecule has 0 radical (unpaired) electrons. The lowest BCUT2D eigenvalue weighted by Crippen LogP contribution is -2.20. The fraction of sp³-hybridized carbons (Fsp3) is 0.133. The first-order valence-corrected chi connectivity index (χ1v) is 7.36. The quantitative estimate of drug-likeness (QED) is 0.800. The van der Waals surface area contributed by atoms with Crippen LogP contribution in [-0.4, -0.2) is 12.5 Å². The Morgan fingerprint density at radius 3 is 2.81 bits per heavy atom. The van der Waals surface area contributed by atoms with Crippen molar-refractivity contribution in [1.82, 2.24) is 0 Å². The van der Waals surface area contributed by atoms with E-state index in [2.05, 4.69) is 21.2 Å². The van der Waals surface area contributed by atoms with Crippen LogP contribution in [0, 0.1) is 6.92 Å². The highest BCUT2D eigenvalue weighted by Crippen LogP contribution is 2.28. The number of hydrogen-bond acceptors (Lipinski definition) is 3. The minimum absolute atomic E-state index is 0.149. The van der Waals surface area contributed by atoms with Crippen LogP contribution < -0.4 is 15.8 Å². The van der Waals surface area contributed by atoms with Gasteiger partial charge in [0.25, 0.3) is 5.91 Å². The van der Waals surface area contributed by atoms with Crippen LogP contribution in [0.15, 0.2) is 40.9 Å². The lowest BCUT2D eigenvalue weighted by molar-refractivity contribution is -0.118. The summed E-state index contributed by atoms with van der Waals surface area (Å²) in [4.78, 5) is 11.9. The van der Waals surface area contributed by atoms with Gasteiger partial charge in [0.05, 0.1) is 16.4 Å². The Labute approximate surface area is 136 Å². The number of nitrogens with one attached hydrogen (secondary N) is 1. The van der Waals surface area contributed by atoms with Gasteiger partial charge < -0.3 is 15.8 Å². The van der Waals surface area contributed by atoms with Crippen molar-refractivity contribution in [3.05, 3.63) is 51.5 Å². The third-order valence-electron chi connectivity index (χ3n) is 2.73. The Balaban J connectivity index is 1.97. The molecule has 0 bridgehead atoms. The van der Waals surface area contributed by atoms with Gasteiger partial charge in [-0.2, -0.15) is 0 Å². The van der Waals surface area contributed by atoms with E-state index in [0.717, 1.165) is 10.0 Å². The normalized spacial score (nSPS) is 10.2. The van der Waals surface area contributed by atoms with Gasteiger partial charge in [0.15, 0.2) is 6.61 Å². The molecule has 6 heteroatoms. The lowest BCUT2D eigenvalue weighted by atomic mass is 10.2. The van der Waals surface area contributed by atoms with Gasteiger partial charge in [0.2, 0.25) is 0 Å². The highest BCUT2D eigenvalue weighted by atomic mass is 79.9. The Kier molecular flexibility index (Phi) is 5.09. The maximum atomic E-state index is 11.9. The molecule has 0 unspecified atom stereocenters. The molecule has 0 heterocycles. The van der Waals surface area contributed by atoms with Crippen molar-refractivity contribution in [2.75, 3.05) is 17.7 Å². The zero-order valence-electron chi connectivity index (χ0n) is 11.3. The molecule has 0 spiro atoms. The molecule has 0 atom stereocenters. The third kappa shape index (κ3) is 4.37. The number of nitrogens with two attached hydrogens (primary N) is 1. The van der Waals surface area contributed by atoms with E-state index in [4.69, 9.17) is 22.1 Å². The van der Waals surface area contributed by atoms with E-state index < -0.39 is 0 Å². The number of carbonyl (C=O) groups excluding carboxylic acids is 1. The summed E-state index contributed by atoms with van der Waals surface area (Å²) in [5.41, 5.74) is 7.95. The topological polar surface area (TPSA) is 64.3 Å². The molecule has 21 heavy (non-hydrogen) atoms. The van der Waals surface area contributed by atoms with Gasteiger partial charge in [0.1, 0.15) is 5.75 Å². The second-order valence-electron chi connectivity index (χ2n) is 4.50. The summed E-state index contributed by atoms with van der Waals surface area (Å²) < 4.78 is 6.22. The largest absolute Gasteiger partial charge is 0.482 e. The summed E-state index contributed by atoms with van der Waals surface area (Å²) in [5, 5.41) is 3.14. The summed E-state index contributed by atoms with van der Waals surface area (Å²) in [6.45, 7) is 1.78. The smallest absolute Gasteiger partial charge is 0.262 e. The van der Waals surface area contributed by atoms with Crippen LogP contribution in [0.3, 0.4) is 0 Å². The van der Waals surface area contributed by atoms with Crippen LogP contribution in [-0.2, 0) is 4.79 Å².